The van der Waals surface area contributed by atoms with Crippen molar-refractivity contribution < 1.29 is 4.79 Å². The molecule has 1 unspecified atom stereocenters. The standard InChI is InChI=1S/C14H23N5O/c1-9(2)14-17-11(15-3)7-12(18-14)16-10-5-6-13(20)19(4)8-10/h7,9-10H,5-6,8H2,1-4H3,(H2,15,16,17,18). The van der Waals surface area contributed by atoms with Gasteiger partial charge in [-0.15, -0.1) is 0 Å². The first-order chi connectivity index (χ1) is 9.49. The Morgan fingerprint density at radius 3 is 2.65 bits per heavy atom. The molecule has 0 radical (unpaired) electrons. The highest BCUT2D eigenvalue weighted by molar-refractivity contribution is 5.77. The highest BCUT2D eigenvalue weighted by Gasteiger charge is 2.23. The predicted molar refractivity (Wildman–Crippen MR) is 79.9 cm³/mol. The zero-order valence-electron chi connectivity index (χ0n) is 12.6. The minimum atomic E-state index is 0.213. The summed E-state index contributed by atoms with van der Waals surface area (Å²) in [6.07, 6.45) is 1.44. The summed E-state index contributed by atoms with van der Waals surface area (Å²) in [5.41, 5.74) is 0. The minimum absolute atomic E-state index is 0.213. The molecule has 2 rings (SSSR count). The van der Waals surface area contributed by atoms with Gasteiger partial charge in [0.1, 0.15) is 17.5 Å². The topological polar surface area (TPSA) is 70.2 Å². The lowest BCUT2D eigenvalue weighted by Crippen LogP contribution is -2.43. The Morgan fingerprint density at radius 1 is 1.35 bits per heavy atom. The van der Waals surface area contributed by atoms with Gasteiger partial charge in [-0.1, -0.05) is 13.8 Å². The summed E-state index contributed by atoms with van der Waals surface area (Å²) < 4.78 is 0. The second-order valence-electron chi connectivity index (χ2n) is 5.56. The number of aromatic nitrogens is 2. The lowest BCUT2D eigenvalue weighted by Gasteiger charge is -2.30. The smallest absolute Gasteiger partial charge is 0.222 e. The molecule has 0 saturated carbocycles. The first-order valence-electron chi connectivity index (χ1n) is 7.07. The van der Waals surface area contributed by atoms with Gasteiger partial charge in [-0.25, -0.2) is 9.97 Å². The zero-order chi connectivity index (χ0) is 14.7. The van der Waals surface area contributed by atoms with E-state index < -0.39 is 0 Å². The van der Waals surface area contributed by atoms with Gasteiger partial charge in [0, 0.05) is 45.1 Å². The van der Waals surface area contributed by atoms with Crippen LogP contribution >= 0.6 is 0 Å². The van der Waals surface area contributed by atoms with Gasteiger partial charge in [0.2, 0.25) is 5.91 Å². The maximum Gasteiger partial charge on any atom is 0.222 e. The van der Waals surface area contributed by atoms with E-state index >= 15 is 0 Å². The van der Waals surface area contributed by atoms with E-state index in [1.165, 1.54) is 0 Å². The third-order valence-corrected chi connectivity index (χ3v) is 3.49. The molecule has 1 fully saturated rings. The fourth-order valence-electron chi connectivity index (χ4n) is 2.27. The molecular formula is C14H23N5O. The number of rotatable bonds is 4. The van der Waals surface area contributed by atoms with Crippen LogP contribution in [0, 0.1) is 0 Å². The van der Waals surface area contributed by atoms with Crippen LogP contribution < -0.4 is 10.6 Å². The summed E-state index contributed by atoms with van der Waals surface area (Å²) in [5, 5.41) is 6.48. The van der Waals surface area contributed by atoms with Gasteiger partial charge in [-0.05, 0) is 6.42 Å². The number of anilines is 2. The Kier molecular flexibility index (Phi) is 4.42. The van der Waals surface area contributed by atoms with Crippen LogP contribution in [-0.2, 0) is 4.79 Å². The molecule has 1 aliphatic heterocycles. The summed E-state index contributed by atoms with van der Waals surface area (Å²) in [6, 6.07) is 2.15. The normalized spacial score (nSPS) is 19.4. The average Bonchev–Trinajstić information content (AvgIpc) is 2.42. The quantitative estimate of drug-likeness (QED) is 0.876. The van der Waals surface area contributed by atoms with Gasteiger partial charge < -0.3 is 15.5 Å². The fraction of sp³-hybridized carbons (Fsp3) is 0.643. The van der Waals surface area contributed by atoms with Gasteiger partial charge >= 0.3 is 0 Å². The number of piperidine rings is 1. The maximum absolute atomic E-state index is 11.5. The van der Waals surface area contributed by atoms with E-state index in [1.807, 2.05) is 20.2 Å². The third kappa shape index (κ3) is 3.37. The molecule has 1 aromatic heterocycles. The molecule has 2 heterocycles. The molecule has 0 aliphatic carbocycles. The van der Waals surface area contributed by atoms with Gasteiger partial charge in [-0.3, -0.25) is 4.79 Å². The number of nitrogens with zero attached hydrogens (tertiary/aromatic N) is 3. The van der Waals surface area contributed by atoms with Crippen molar-refractivity contribution in [2.45, 2.75) is 38.6 Å². The van der Waals surface area contributed by atoms with E-state index in [0.717, 1.165) is 23.9 Å². The molecule has 0 aromatic carbocycles. The van der Waals surface area contributed by atoms with Gasteiger partial charge in [-0.2, -0.15) is 0 Å². The van der Waals surface area contributed by atoms with Crippen molar-refractivity contribution in [1.82, 2.24) is 14.9 Å². The number of amides is 1. The summed E-state index contributed by atoms with van der Waals surface area (Å²) in [7, 11) is 3.69. The summed E-state index contributed by atoms with van der Waals surface area (Å²) in [4.78, 5) is 22.3. The van der Waals surface area contributed by atoms with Crippen molar-refractivity contribution in [1.29, 1.82) is 0 Å². The number of hydrogen-bond acceptors (Lipinski definition) is 5. The Morgan fingerprint density at radius 2 is 2.05 bits per heavy atom. The first-order valence-corrected chi connectivity index (χ1v) is 7.07. The lowest BCUT2D eigenvalue weighted by atomic mass is 10.1. The number of carbonyl (C=O) groups is 1. The summed E-state index contributed by atoms with van der Waals surface area (Å²) in [5.74, 6) is 2.94. The van der Waals surface area contributed by atoms with Crippen LogP contribution in [0.15, 0.2) is 6.07 Å². The van der Waals surface area contributed by atoms with E-state index in [9.17, 15) is 4.79 Å². The molecule has 6 heteroatoms. The first kappa shape index (κ1) is 14.6. The molecule has 1 aromatic rings. The van der Waals surface area contributed by atoms with Crippen molar-refractivity contribution in [2.24, 2.45) is 0 Å². The lowest BCUT2D eigenvalue weighted by molar-refractivity contribution is -0.132. The van der Waals surface area contributed by atoms with E-state index in [-0.39, 0.29) is 17.9 Å². The Hall–Kier alpha value is -1.85. The van der Waals surface area contributed by atoms with E-state index in [4.69, 9.17) is 0 Å². The largest absolute Gasteiger partial charge is 0.373 e. The van der Waals surface area contributed by atoms with E-state index in [1.54, 1.807) is 4.90 Å². The molecule has 0 spiro atoms. The van der Waals surface area contributed by atoms with E-state index in [0.29, 0.717) is 13.0 Å². The Balaban J connectivity index is 2.12. The third-order valence-electron chi connectivity index (χ3n) is 3.49. The van der Waals surface area contributed by atoms with E-state index in [2.05, 4.69) is 34.4 Å². The van der Waals surface area contributed by atoms with Crippen LogP contribution in [0.3, 0.4) is 0 Å². The van der Waals surface area contributed by atoms with Crippen LogP contribution in [0.1, 0.15) is 38.4 Å². The van der Waals surface area contributed by atoms with Crippen LogP contribution in [0.5, 0.6) is 0 Å². The zero-order valence-corrected chi connectivity index (χ0v) is 12.6. The molecule has 1 amide bonds. The number of likely N-dealkylation sites (N-methyl/N-ethyl adjacent to an activating group) is 1. The molecule has 2 N–H and O–H groups in total. The highest BCUT2D eigenvalue weighted by atomic mass is 16.2. The Labute approximate surface area is 120 Å². The minimum Gasteiger partial charge on any atom is -0.373 e. The monoisotopic (exact) mass is 277 g/mol. The molecule has 110 valence electrons. The van der Waals surface area contributed by atoms with Crippen LogP contribution in [0.25, 0.3) is 0 Å². The summed E-state index contributed by atoms with van der Waals surface area (Å²) in [6.45, 7) is 4.87. The van der Waals surface area contributed by atoms with Crippen molar-refractivity contribution in [3.63, 3.8) is 0 Å². The van der Waals surface area contributed by atoms with Gasteiger partial charge in [0.05, 0.1) is 0 Å². The summed E-state index contributed by atoms with van der Waals surface area (Å²) >= 11 is 0. The SMILES string of the molecule is CNc1cc(NC2CCC(=O)N(C)C2)nc(C(C)C)n1. The second kappa shape index (κ2) is 6.07. The van der Waals surface area contributed by atoms with Crippen molar-refractivity contribution in [3.05, 3.63) is 11.9 Å². The van der Waals surface area contributed by atoms with Crippen LogP contribution in [-0.4, -0.2) is 47.5 Å². The molecule has 0 bridgehead atoms. The number of carbonyl (C=O) groups excluding carboxylic acids is 1. The molecule has 20 heavy (non-hydrogen) atoms. The predicted octanol–water partition coefficient (Wildman–Crippen LogP) is 1.67. The maximum atomic E-state index is 11.5. The average molecular weight is 277 g/mol. The Bertz CT molecular complexity index is 488. The molecule has 6 nitrogen and oxygen atoms in total. The molecule has 1 aliphatic rings. The van der Waals surface area contributed by atoms with Crippen LogP contribution in [0.4, 0.5) is 11.6 Å². The fourth-order valence-corrected chi connectivity index (χ4v) is 2.27. The van der Waals surface area contributed by atoms with Gasteiger partial charge in [0.25, 0.3) is 0 Å². The highest BCUT2D eigenvalue weighted by Crippen LogP contribution is 2.19. The van der Waals surface area contributed by atoms with Gasteiger partial charge in [0.15, 0.2) is 0 Å². The van der Waals surface area contributed by atoms with Crippen LogP contribution in [0.2, 0.25) is 0 Å². The number of nitrogens with one attached hydrogen (secondary N) is 2. The molecular weight excluding hydrogens is 254 g/mol. The second-order valence-corrected chi connectivity index (χ2v) is 5.56. The molecule has 1 atom stereocenters. The number of hydrogen-bond donors (Lipinski definition) is 2. The number of likely N-dealkylation sites (tertiary alicyclic amines) is 1. The van der Waals surface area contributed by atoms with Crippen molar-refractivity contribution in [3.8, 4) is 0 Å². The van der Waals surface area contributed by atoms with Crippen molar-refractivity contribution >= 4 is 17.5 Å². The van der Waals surface area contributed by atoms with Crippen molar-refractivity contribution in [2.75, 3.05) is 31.3 Å². The molecule has 1 saturated heterocycles.